The van der Waals surface area contributed by atoms with Gasteiger partial charge in [-0.05, 0) is 24.6 Å². The quantitative estimate of drug-likeness (QED) is 0.750. The number of halogens is 2. The molecule has 0 aliphatic heterocycles. The summed E-state index contributed by atoms with van der Waals surface area (Å²) >= 11 is 1.45. The Morgan fingerprint density at radius 3 is 2.73 bits per heavy atom. The van der Waals surface area contributed by atoms with E-state index in [9.17, 15) is 4.39 Å². The Morgan fingerprint density at radius 2 is 2.09 bits per heavy atom. The van der Waals surface area contributed by atoms with Crippen LogP contribution in [0.5, 0.6) is 0 Å². The summed E-state index contributed by atoms with van der Waals surface area (Å²) in [6.45, 7) is 2.47. The van der Waals surface area contributed by atoms with E-state index in [-0.39, 0.29) is 30.7 Å². The van der Waals surface area contributed by atoms with Crippen molar-refractivity contribution in [2.24, 2.45) is 11.7 Å². The maximum atomic E-state index is 14.1. The summed E-state index contributed by atoms with van der Waals surface area (Å²) in [6.07, 6.45) is 0.525. The van der Waals surface area contributed by atoms with E-state index in [0.29, 0.717) is 35.4 Å². The Labute approximate surface area is 139 Å². The molecule has 0 fully saturated rings. The molecule has 0 bridgehead atoms. The fraction of sp³-hybridized carbons (Fsp3) is 0.429. The molecule has 0 radical (unpaired) electrons. The number of thioether (sulfide) groups is 1. The summed E-state index contributed by atoms with van der Waals surface area (Å²) in [5.74, 6) is 1.14. The van der Waals surface area contributed by atoms with Gasteiger partial charge in [0.05, 0.1) is 5.69 Å². The first-order valence-corrected chi connectivity index (χ1v) is 7.78. The van der Waals surface area contributed by atoms with E-state index in [1.54, 1.807) is 22.8 Å². The molecule has 0 saturated heterocycles. The van der Waals surface area contributed by atoms with Gasteiger partial charge < -0.3 is 10.8 Å². The molecule has 1 heterocycles. The molecular weight excluding hydrogens is 327 g/mol. The lowest BCUT2D eigenvalue weighted by Gasteiger charge is -2.12. The van der Waals surface area contributed by atoms with Crippen LogP contribution >= 0.6 is 24.2 Å². The van der Waals surface area contributed by atoms with E-state index < -0.39 is 0 Å². The molecule has 2 aromatic rings. The van der Waals surface area contributed by atoms with Crippen LogP contribution in [0.1, 0.15) is 12.7 Å². The molecule has 0 unspecified atom stereocenters. The smallest absolute Gasteiger partial charge is 0.195 e. The van der Waals surface area contributed by atoms with Crippen LogP contribution in [-0.2, 0) is 6.42 Å². The summed E-state index contributed by atoms with van der Waals surface area (Å²) < 4.78 is 15.8. The normalized spacial score (nSPS) is 12.0. The van der Waals surface area contributed by atoms with E-state index in [2.05, 4.69) is 10.2 Å². The first-order chi connectivity index (χ1) is 10.2. The number of aliphatic hydroxyl groups is 1. The second-order valence-corrected chi connectivity index (χ2v) is 5.81. The average molecular weight is 347 g/mol. The van der Waals surface area contributed by atoms with Gasteiger partial charge in [-0.3, -0.25) is 4.57 Å². The third-order valence-corrected chi connectivity index (χ3v) is 4.23. The number of hydrogen-bond acceptors (Lipinski definition) is 5. The number of rotatable bonds is 7. The van der Waals surface area contributed by atoms with Gasteiger partial charge in [0.1, 0.15) is 11.6 Å². The first-order valence-electron chi connectivity index (χ1n) is 6.80. The van der Waals surface area contributed by atoms with Gasteiger partial charge in [-0.1, -0.05) is 30.8 Å². The number of aromatic nitrogens is 3. The average Bonchev–Trinajstić information content (AvgIpc) is 2.88. The van der Waals surface area contributed by atoms with Crippen LogP contribution in [0.3, 0.4) is 0 Å². The van der Waals surface area contributed by atoms with Gasteiger partial charge in [-0.15, -0.1) is 22.6 Å². The van der Waals surface area contributed by atoms with Crippen molar-refractivity contribution in [2.45, 2.75) is 18.5 Å². The number of aliphatic hydroxyl groups excluding tert-OH is 1. The zero-order valence-electron chi connectivity index (χ0n) is 12.3. The molecule has 0 saturated carbocycles. The van der Waals surface area contributed by atoms with Crippen molar-refractivity contribution >= 4 is 24.2 Å². The summed E-state index contributed by atoms with van der Waals surface area (Å²) in [5.41, 5.74) is 6.01. The lowest BCUT2D eigenvalue weighted by atomic mass is 10.2. The van der Waals surface area contributed by atoms with E-state index in [0.717, 1.165) is 0 Å². The van der Waals surface area contributed by atoms with Gasteiger partial charge in [0, 0.05) is 18.8 Å². The topological polar surface area (TPSA) is 77.0 Å². The lowest BCUT2D eigenvalue weighted by molar-refractivity contribution is 0.250. The van der Waals surface area contributed by atoms with E-state index in [1.165, 1.54) is 17.8 Å². The van der Waals surface area contributed by atoms with Gasteiger partial charge in [0.2, 0.25) is 0 Å². The van der Waals surface area contributed by atoms with Crippen molar-refractivity contribution < 1.29 is 9.50 Å². The summed E-state index contributed by atoms with van der Waals surface area (Å²) in [4.78, 5) is 0. The maximum absolute atomic E-state index is 14.1. The maximum Gasteiger partial charge on any atom is 0.195 e. The monoisotopic (exact) mass is 346 g/mol. The van der Waals surface area contributed by atoms with Crippen LogP contribution in [-0.4, -0.2) is 38.8 Å². The Kier molecular flexibility index (Phi) is 7.81. The number of hydrogen-bond donors (Lipinski definition) is 2. The number of nitrogens with two attached hydrogens (primary N) is 1. The highest BCUT2D eigenvalue weighted by Gasteiger charge is 2.17. The van der Waals surface area contributed by atoms with Crippen molar-refractivity contribution in [3.05, 3.63) is 35.9 Å². The molecule has 5 nitrogen and oxygen atoms in total. The predicted molar refractivity (Wildman–Crippen MR) is 88.3 cm³/mol. The number of para-hydroxylation sites is 1. The molecule has 0 aliphatic rings. The molecule has 8 heteroatoms. The largest absolute Gasteiger partial charge is 0.396 e. The van der Waals surface area contributed by atoms with Crippen LogP contribution in [0.25, 0.3) is 5.69 Å². The van der Waals surface area contributed by atoms with Gasteiger partial charge in [0.15, 0.2) is 5.16 Å². The molecule has 0 spiro atoms. The molecule has 2 rings (SSSR count). The minimum Gasteiger partial charge on any atom is -0.396 e. The van der Waals surface area contributed by atoms with Gasteiger partial charge in [-0.25, -0.2) is 4.39 Å². The Balaban J connectivity index is 0.00000242. The lowest BCUT2D eigenvalue weighted by Crippen LogP contribution is -2.11. The fourth-order valence-electron chi connectivity index (χ4n) is 1.83. The fourth-order valence-corrected chi connectivity index (χ4v) is 2.80. The van der Waals surface area contributed by atoms with Gasteiger partial charge in [0.25, 0.3) is 0 Å². The van der Waals surface area contributed by atoms with Crippen LogP contribution in [0.4, 0.5) is 4.39 Å². The van der Waals surface area contributed by atoms with Crippen molar-refractivity contribution in [1.82, 2.24) is 14.8 Å². The van der Waals surface area contributed by atoms with E-state index in [4.69, 9.17) is 10.8 Å². The SMILES string of the molecule is C[C@@H](CO)CSc1nnc(CCN)n1-c1ccccc1F.Cl. The standard InChI is InChI=1S/C14H19FN4OS.ClH/c1-10(8-20)9-21-14-18-17-13(6-7-16)19(14)12-5-3-2-4-11(12)15;/h2-5,10,20H,6-9,16H2,1H3;1H/t10-;/m0./s1. The molecular formula is C14H20ClFN4OS. The number of nitrogens with zero attached hydrogens (tertiary/aromatic N) is 3. The molecule has 1 atom stereocenters. The second-order valence-electron chi connectivity index (χ2n) is 4.82. The highest BCUT2D eigenvalue weighted by molar-refractivity contribution is 7.99. The molecule has 0 aliphatic carbocycles. The number of benzene rings is 1. The molecule has 1 aromatic heterocycles. The van der Waals surface area contributed by atoms with E-state index in [1.807, 2.05) is 6.92 Å². The Morgan fingerprint density at radius 1 is 1.36 bits per heavy atom. The zero-order valence-corrected chi connectivity index (χ0v) is 13.9. The Bertz CT molecular complexity index is 596. The summed E-state index contributed by atoms with van der Waals surface area (Å²) in [5, 5.41) is 18.0. The third kappa shape index (κ3) is 4.42. The zero-order chi connectivity index (χ0) is 15.2. The second kappa shape index (κ2) is 9.09. The molecule has 22 heavy (non-hydrogen) atoms. The van der Waals surface area contributed by atoms with Crippen LogP contribution in [0.2, 0.25) is 0 Å². The Hall–Kier alpha value is -1.15. The summed E-state index contributed by atoms with van der Waals surface area (Å²) in [7, 11) is 0. The molecule has 122 valence electrons. The molecule has 1 aromatic carbocycles. The molecule has 3 N–H and O–H groups in total. The van der Waals surface area contributed by atoms with Crippen molar-refractivity contribution in [3.8, 4) is 5.69 Å². The third-order valence-electron chi connectivity index (χ3n) is 2.97. The van der Waals surface area contributed by atoms with Gasteiger partial charge in [-0.2, -0.15) is 0 Å². The predicted octanol–water partition coefficient (Wildman–Crippen LogP) is 2.05. The highest BCUT2D eigenvalue weighted by atomic mass is 35.5. The van der Waals surface area contributed by atoms with Crippen molar-refractivity contribution in [3.63, 3.8) is 0 Å². The minimum absolute atomic E-state index is 0. The first kappa shape index (κ1) is 18.9. The van der Waals surface area contributed by atoms with Crippen molar-refractivity contribution in [1.29, 1.82) is 0 Å². The summed E-state index contributed by atoms with van der Waals surface area (Å²) in [6, 6.07) is 6.52. The van der Waals surface area contributed by atoms with Crippen molar-refractivity contribution in [2.75, 3.05) is 18.9 Å². The highest BCUT2D eigenvalue weighted by Crippen LogP contribution is 2.25. The van der Waals surface area contributed by atoms with Crippen LogP contribution < -0.4 is 5.73 Å². The van der Waals surface area contributed by atoms with Gasteiger partial charge >= 0.3 is 0 Å². The van der Waals surface area contributed by atoms with Crippen LogP contribution in [0.15, 0.2) is 29.4 Å². The van der Waals surface area contributed by atoms with Crippen LogP contribution in [0, 0.1) is 11.7 Å². The molecule has 0 amide bonds. The minimum atomic E-state index is -0.326. The van der Waals surface area contributed by atoms with E-state index >= 15 is 0 Å².